The first-order valence-electron chi connectivity index (χ1n) is 3.52. The fourth-order valence-electron chi connectivity index (χ4n) is 0.713. The molecule has 3 nitrogen and oxygen atoms in total. The van der Waals surface area contributed by atoms with Gasteiger partial charge in [-0.15, -0.1) is 0 Å². The maximum absolute atomic E-state index is 10.00. The number of halogens is 2. The lowest BCUT2D eigenvalue weighted by atomic mass is 10.3. The van der Waals surface area contributed by atoms with E-state index >= 15 is 0 Å². The van der Waals surface area contributed by atoms with Gasteiger partial charge in [0.15, 0.2) is 0 Å². The van der Waals surface area contributed by atoms with E-state index in [0.29, 0.717) is 12.0 Å². The van der Waals surface area contributed by atoms with E-state index in [1.165, 1.54) is 6.20 Å². The van der Waals surface area contributed by atoms with E-state index in [9.17, 15) is 4.79 Å². The second-order valence-corrected chi connectivity index (χ2v) is 2.89. The highest BCUT2D eigenvalue weighted by atomic mass is 35.5. The summed E-state index contributed by atoms with van der Waals surface area (Å²) < 4.78 is 0. The third-order valence-electron chi connectivity index (χ3n) is 1.27. The number of aldehydes is 1. The molecular weight excluding hydrogens is 211 g/mol. The van der Waals surface area contributed by atoms with Gasteiger partial charge >= 0.3 is 0 Å². The summed E-state index contributed by atoms with van der Waals surface area (Å²) in [6.45, 7) is 0. The average Bonchev–Trinajstić information content (AvgIpc) is 2.09. The highest BCUT2D eigenvalue weighted by Gasteiger charge is 1.99. The molecule has 0 aromatic carbocycles. The SMILES string of the molecule is O=CCC=Cc1cnc(Cl)nc1Cl. The molecule has 0 spiro atoms. The van der Waals surface area contributed by atoms with Gasteiger partial charge in [-0.25, -0.2) is 9.97 Å². The van der Waals surface area contributed by atoms with Crippen molar-refractivity contribution in [3.8, 4) is 0 Å². The van der Waals surface area contributed by atoms with Crippen LogP contribution in [0.15, 0.2) is 12.3 Å². The van der Waals surface area contributed by atoms with Crippen LogP contribution >= 0.6 is 23.2 Å². The van der Waals surface area contributed by atoms with Crippen LogP contribution in [0.2, 0.25) is 10.4 Å². The molecule has 0 bridgehead atoms. The molecule has 0 fully saturated rings. The highest BCUT2D eigenvalue weighted by Crippen LogP contribution is 2.15. The number of rotatable bonds is 3. The Kier molecular flexibility index (Phi) is 3.86. The molecule has 0 saturated carbocycles. The van der Waals surface area contributed by atoms with Gasteiger partial charge in [-0.05, 0) is 11.6 Å². The minimum absolute atomic E-state index is 0.109. The number of hydrogen-bond acceptors (Lipinski definition) is 3. The number of hydrogen-bond donors (Lipinski definition) is 0. The fraction of sp³-hybridized carbons (Fsp3) is 0.125. The Hall–Kier alpha value is -0.930. The zero-order valence-corrected chi connectivity index (χ0v) is 8.09. The minimum atomic E-state index is 0.109. The van der Waals surface area contributed by atoms with Gasteiger partial charge in [0.05, 0.1) is 0 Å². The second kappa shape index (κ2) is 4.94. The van der Waals surface area contributed by atoms with E-state index < -0.39 is 0 Å². The first-order chi connectivity index (χ1) is 6.24. The summed E-state index contributed by atoms with van der Waals surface area (Å²) in [5.74, 6) is 0. The molecule has 0 N–H and O–H groups in total. The quantitative estimate of drug-likeness (QED) is 0.443. The zero-order valence-electron chi connectivity index (χ0n) is 6.58. The van der Waals surface area contributed by atoms with E-state index in [1.54, 1.807) is 12.2 Å². The van der Waals surface area contributed by atoms with Crippen LogP contribution < -0.4 is 0 Å². The average molecular weight is 217 g/mol. The topological polar surface area (TPSA) is 42.9 Å². The molecule has 0 atom stereocenters. The van der Waals surface area contributed by atoms with Crippen molar-refractivity contribution in [2.45, 2.75) is 6.42 Å². The molecule has 1 aromatic rings. The zero-order chi connectivity index (χ0) is 9.68. The molecule has 0 aliphatic rings. The van der Waals surface area contributed by atoms with Crippen molar-refractivity contribution < 1.29 is 4.79 Å². The molecule has 0 radical (unpaired) electrons. The van der Waals surface area contributed by atoms with Gasteiger partial charge in [0.2, 0.25) is 5.28 Å². The summed E-state index contributed by atoms with van der Waals surface area (Å²) in [5, 5.41) is 0.389. The van der Waals surface area contributed by atoms with Crippen molar-refractivity contribution >= 4 is 35.6 Å². The highest BCUT2D eigenvalue weighted by molar-refractivity contribution is 6.32. The summed E-state index contributed by atoms with van der Waals surface area (Å²) in [6, 6.07) is 0. The molecule has 5 heteroatoms. The Morgan fingerprint density at radius 3 is 2.85 bits per heavy atom. The largest absolute Gasteiger partial charge is 0.303 e. The third-order valence-corrected chi connectivity index (χ3v) is 1.75. The molecule has 1 heterocycles. The molecule has 68 valence electrons. The summed E-state index contributed by atoms with van der Waals surface area (Å²) >= 11 is 11.2. The maximum atomic E-state index is 10.00. The first-order valence-corrected chi connectivity index (χ1v) is 4.28. The van der Waals surface area contributed by atoms with Crippen molar-refractivity contribution in [3.05, 3.63) is 28.3 Å². The fourth-order valence-corrected chi connectivity index (χ4v) is 1.08. The van der Waals surface area contributed by atoms with Crippen LogP contribution in [0.3, 0.4) is 0 Å². The van der Waals surface area contributed by atoms with Gasteiger partial charge in [0.1, 0.15) is 11.4 Å². The molecule has 1 rings (SSSR count). The summed E-state index contributed by atoms with van der Waals surface area (Å²) in [7, 11) is 0. The molecular formula is C8H6Cl2N2O. The van der Waals surface area contributed by atoms with Gasteiger partial charge in [-0.2, -0.15) is 0 Å². The van der Waals surface area contributed by atoms with Crippen molar-refractivity contribution in [2.75, 3.05) is 0 Å². The van der Waals surface area contributed by atoms with E-state index in [2.05, 4.69) is 9.97 Å². The molecule has 13 heavy (non-hydrogen) atoms. The van der Waals surface area contributed by atoms with Gasteiger partial charge in [0, 0.05) is 18.2 Å². The second-order valence-electron chi connectivity index (χ2n) is 2.19. The summed E-state index contributed by atoms with van der Waals surface area (Å²) in [6.07, 6.45) is 5.98. The Labute approximate surface area is 85.4 Å². The normalized spacial score (nSPS) is 10.6. The maximum Gasteiger partial charge on any atom is 0.223 e. The standard InChI is InChI=1S/C8H6Cl2N2O/c9-7-6(3-1-2-4-13)5-11-8(10)12-7/h1,3-5H,2H2. The lowest BCUT2D eigenvalue weighted by molar-refractivity contribution is -0.107. The van der Waals surface area contributed by atoms with Crippen LogP contribution in [0.25, 0.3) is 6.08 Å². The number of aromatic nitrogens is 2. The lowest BCUT2D eigenvalue weighted by Gasteiger charge is -1.95. The minimum Gasteiger partial charge on any atom is -0.303 e. The van der Waals surface area contributed by atoms with Gasteiger partial charge < -0.3 is 4.79 Å². The Bertz CT molecular complexity index is 339. The lowest BCUT2D eigenvalue weighted by Crippen LogP contribution is -1.85. The van der Waals surface area contributed by atoms with Crippen molar-refractivity contribution in [2.24, 2.45) is 0 Å². The smallest absolute Gasteiger partial charge is 0.223 e. The Balaban J connectivity index is 2.83. The predicted molar refractivity (Wildman–Crippen MR) is 51.8 cm³/mol. The number of carbonyl (C=O) groups is 1. The molecule has 0 unspecified atom stereocenters. The number of allylic oxidation sites excluding steroid dienone is 1. The molecule has 0 aliphatic heterocycles. The van der Waals surface area contributed by atoms with Crippen LogP contribution in [-0.4, -0.2) is 16.3 Å². The monoisotopic (exact) mass is 216 g/mol. The number of carbonyl (C=O) groups excluding carboxylic acids is 1. The van der Waals surface area contributed by atoms with Crippen LogP contribution in [-0.2, 0) is 4.79 Å². The molecule has 1 aromatic heterocycles. The van der Waals surface area contributed by atoms with Crippen LogP contribution in [0.5, 0.6) is 0 Å². The van der Waals surface area contributed by atoms with Crippen LogP contribution in [0, 0.1) is 0 Å². The molecule has 0 aliphatic carbocycles. The van der Waals surface area contributed by atoms with E-state index in [-0.39, 0.29) is 10.4 Å². The predicted octanol–water partition coefficient (Wildman–Crippen LogP) is 2.39. The molecule has 0 saturated heterocycles. The summed E-state index contributed by atoms with van der Waals surface area (Å²) in [5.41, 5.74) is 0.646. The van der Waals surface area contributed by atoms with Gasteiger partial charge in [-0.1, -0.05) is 23.8 Å². The van der Waals surface area contributed by atoms with E-state index in [1.807, 2.05) is 0 Å². The van der Waals surface area contributed by atoms with Crippen LogP contribution in [0.1, 0.15) is 12.0 Å². The van der Waals surface area contributed by atoms with Gasteiger partial charge in [-0.3, -0.25) is 0 Å². The van der Waals surface area contributed by atoms with Crippen molar-refractivity contribution in [1.82, 2.24) is 9.97 Å². The Morgan fingerprint density at radius 1 is 1.46 bits per heavy atom. The summed E-state index contributed by atoms with van der Waals surface area (Å²) in [4.78, 5) is 17.5. The van der Waals surface area contributed by atoms with E-state index in [0.717, 1.165) is 6.29 Å². The van der Waals surface area contributed by atoms with E-state index in [4.69, 9.17) is 23.2 Å². The van der Waals surface area contributed by atoms with Crippen molar-refractivity contribution in [3.63, 3.8) is 0 Å². The molecule has 0 amide bonds. The van der Waals surface area contributed by atoms with Crippen molar-refractivity contribution in [1.29, 1.82) is 0 Å². The van der Waals surface area contributed by atoms with Crippen LogP contribution in [0.4, 0.5) is 0 Å². The number of nitrogens with zero attached hydrogens (tertiary/aromatic N) is 2. The third kappa shape index (κ3) is 3.13. The Morgan fingerprint density at radius 2 is 2.23 bits per heavy atom. The van der Waals surface area contributed by atoms with Gasteiger partial charge in [0.25, 0.3) is 0 Å². The first kappa shape index (κ1) is 10.2.